The van der Waals surface area contributed by atoms with Crippen molar-refractivity contribution >= 4 is 10.3 Å². The van der Waals surface area contributed by atoms with E-state index in [1.54, 1.807) is 12.1 Å². The maximum Gasteiger partial charge on any atom is 0.380 e. The van der Waals surface area contributed by atoms with Gasteiger partial charge in [0.1, 0.15) is 5.75 Å². The Kier molecular flexibility index (Phi) is 3.44. The lowest BCUT2D eigenvalue weighted by Gasteiger charge is -2.50. The van der Waals surface area contributed by atoms with E-state index in [0.717, 1.165) is 37.7 Å². The summed E-state index contributed by atoms with van der Waals surface area (Å²) in [6, 6.07) is 5.44. The van der Waals surface area contributed by atoms with Crippen molar-refractivity contribution in [2.45, 2.75) is 57.4 Å². The van der Waals surface area contributed by atoms with Crippen LogP contribution in [-0.2, 0) is 16.7 Å². The zero-order valence-corrected chi connectivity index (χ0v) is 14.7. The lowest BCUT2D eigenvalue weighted by atomic mass is 9.55. The molecule has 2 fully saturated rings. The first-order valence-corrected chi connectivity index (χ1v) is 10.2. The van der Waals surface area contributed by atoms with Crippen LogP contribution in [0.3, 0.4) is 0 Å². The van der Waals surface area contributed by atoms with E-state index in [-0.39, 0.29) is 11.2 Å². The third-order valence-electron chi connectivity index (χ3n) is 6.65. The van der Waals surface area contributed by atoms with Crippen LogP contribution in [0.25, 0.3) is 0 Å². The zero-order valence-electron chi connectivity index (χ0n) is 14.9. The topological polar surface area (TPSA) is 89.6 Å². The van der Waals surface area contributed by atoms with Crippen molar-refractivity contribution in [3.8, 4) is 5.75 Å². The van der Waals surface area contributed by atoms with Crippen molar-refractivity contribution in [2.24, 2.45) is 22.4 Å². The number of aliphatic hydroxyl groups is 1. The first kappa shape index (κ1) is 15.2. The molecule has 5 atom stereocenters. The largest absolute Gasteiger partial charge is 0.393 e. The lowest BCUT2D eigenvalue weighted by Crippen LogP contribution is -2.43. The van der Waals surface area contributed by atoms with Crippen molar-refractivity contribution in [2.75, 3.05) is 0 Å². The Morgan fingerprint density at radius 3 is 2.88 bits per heavy atom. The van der Waals surface area contributed by atoms with Gasteiger partial charge in [0.15, 0.2) is 0 Å². The summed E-state index contributed by atoms with van der Waals surface area (Å²) in [5.74, 6) is 1.54. The fourth-order valence-electron chi connectivity index (χ4n) is 5.53. The Morgan fingerprint density at radius 2 is 2.12 bits per heavy atom. The summed E-state index contributed by atoms with van der Waals surface area (Å²) >= 11 is 0. The Balaban J connectivity index is 1.64. The van der Waals surface area contributed by atoms with E-state index in [4.69, 9.17) is 10.7 Å². The molecule has 0 saturated heterocycles. The van der Waals surface area contributed by atoms with Crippen molar-refractivity contribution in [1.82, 2.24) is 0 Å². The Labute approximate surface area is 144 Å². The fourth-order valence-corrected chi connectivity index (χ4v) is 5.91. The maximum atomic E-state index is 11.1. The van der Waals surface area contributed by atoms with E-state index >= 15 is 0 Å². The minimum absolute atomic E-state index is 0.266. The third kappa shape index (κ3) is 2.55. The molecule has 5 nitrogen and oxygen atoms in total. The van der Waals surface area contributed by atoms with Gasteiger partial charge in [0.05, 0.1) is 7.45 Å². The van der Waals surface area contributed by atoms with Gasteiger partial charge in [-0.15, -0.1) is 0 Å². The van der Waals surface area contributed by atoms with E-state index in [1.807, 2.05) is 6.07 Å². The lowest BCUT2D eigenvalue weighted by molar-refractivity contribution is -0.0226. The van der Waals surface area contributed by atoms with Crippen LogP contribution in [0.1, 0.15) is 57.4 Å². The molecule has 0 aliphatic heterocycles. The molecule has 0 aromatic heterocycles. The molecule has 0 heterocycles. The first-order chi connectivity index (χ1) is 11.6. The van der Waals surface area contributed by atoms with Crippen molar-refractivity contribution in [1.29, 1.82) is 0 Å². The Bertz CT molecular complexity index is 809. The molecule has 2 saturated carbocycles. The van der Waals surface area contributed by atoms with Crippen LogP contribution in [-0.4, -0.2) is 19.6 Å². The number of benzene rings is 1. The summed E-state index contributed by atoms with van der Waals surface area (Å²) in [5, 5.41) is 15.5. The summed E-state index contributed by atoms with van der Waals surface area (Å²) < 4.78 is 35.4. The molecule has 4 rings (SSSR count). The van der Waals surface area contributed by atoms with Gasteiger partial charge in [0.2, 0.25) is 0 Å². The number of hydrogen-bond acceptors (Lipinski definition) is 4. The molecule has 0 spiro atoms. The number of hydrogen-bond donors (Lipinski definition) is 2. The second-order valence-corrected chi connectivity index (χ2v) is 8.95. The molecule has 3 N–H and O–H groups in total. The average Bonchev–Trinajstić information content (AvgIpc) is 2.75. The van der Waals surface area contributed by atoms with Gasteiger partial charge in [0, 0.05) is 0 Å². The molecule has 3 aliphatic rings. The van der Waals surface area contributed by atoms with Gasteiger partial charge in [-0.1, -0.05) is 13.0 Å². The molecular formula is C18H25NO4S. The van der Waals surface area contributed by atoms with Crippen LogP contribution in [0.2, 0.25) is 0 Å². The van der Waals surface area contributed by atoms with Crippen LogP contribution >= 0.6 is 0 Å². The Hall–Kier alpha value is -1.11. The van der Waals surface area contributed by atoms with Crippen LogP contribution in [0, 0.1) is 17.3 Å². The highest BCUT2D eigenvalue weighted by Gasteiger charge is 2.54. The van der Waals surface area contributed by atoms with Gasteiger partial charge in [0.25, 0.3) is 0 Å². The van der Waals surface area contributed by atoms with Gasteiger partial charge in [-0.3, -0.25) is 0 Å². The van der Waals surface area contributed by atoms with Gasteiger partial charge >= 0.3 is 10.3 Å². The SMILES string of the molecule is [2H]C1(O)CC[C@H]2[C@@H]3CCc4cc(OS(N)(=O)=O)ccc4[C@H]3CC[C@@]21C. The number of fused-ring (bicyclic) bond motifs is 5. The van der Waals surface area contributed by atoms with Crippen LogP contribution in [0.15, 0.2) is 18.2 Å². The summed E-state index contributed by atoms with van der Waals surface area (Å²) in [7, 11) is -4.01. The predicted molar refractivity (Wildman–Crippen MR) is 90.8 cm³/mol. The standard InChI is InChI=1S/C18H25NO4S/c1-18-9-8-14-13-5-3-12(23-24(19,21)22)10-11(13)2-4-15(14)16(18)6-7-17(18)20/h3,5,10,14-17,20H,2,4,6-9H2,1H3,(H2,19,21,22)/t14-,15-,16+,17?,18+/m1/s1/i17D. The molecule has 1 aromatic rings. The molecule has 0 radical (unpaired) electrons. The number of rotatable bonds is 2. The van der Waals surface area contributed by atoms with E-state index in [0.29, 0.717) is 24.2 Å². The van der Waals surface area contributed by atoms with E-state index < -0.39 is 16.4 Å². The molecule has 1 unspecified atom stereocenters. The van der Waals surface area contributed by atoms with Gasteiger partial charge in [-0.05, 0) is 85.0 Å². The highest BCUT2D eigenvalue weighted by molar-refractivity contribution is 7.84. The van der Waals surface area contributed by atoms with Crippen LogP contribution in [0.5, 0.6) is 5.75 Å². The molecule has 0 bridgehead atoms. The van der Waals surface area contributed by atoms with Crippen LogP contribution in [0.4, 0.5) is 0 Å². The first-order valence-electron chi connectivity index (χ1n) is 9.18. The van der Waals surface area contributed by atoms with Crippen molar-refractivity contribution < 1.29 is 19.1 Å². The predicted octanol–water partition coefficient (Wildman–Crippen LogP) is 2.49. The second kappa shape index (κ2) is 5.44. The van der Waals surface area contributed by atoms with Crippen molar-refractivity contribution in [3.05, 3.63) is 29.3 Å². The molecule has 132 valence electrons. The van der Waals surface area contributed by atoms with Gasteiger partial charge in [-0.2, -0.15) is 13.6 Å². The molecular weight excluding hydrogens is 326 g/mol. The summed E-state index contributed by atoms with van der Waals surface area (Å²) in [5.41, 5.74) is 2.08. The van der Waals surface area contributed by atoms with Gasteiger partial charge < -0.3 is 9.29 Å². The quantitative estimate of drug-likeness (QED) is 0.856. The fraction of sp³-hybridized carbons (Fsp3) is 0.667. The maximum absolute atomic E-state index is 11.1. The van der Waals surface area contributed by atoms with Gasteiger partial charge in [-0.25, -0.2) is 0 Å². The van der Waals surface area contributed by atoms with E-state index in [9.17, 15) is 13.5 Å². The smallest absolute Gasteiger partial charge is 0.380 e. The summed E-state index contributed by atoms with van der Waals surface area (Å²) in [6.07, 6.45) is 3.85. The molecule has 6 heteroatoms. The van der Waals surface area contributed by atoms with Crippen LogP contribution < -0.4 is 9.32 Å². The minimum Gasteiger partial charge on any atom is -0.393 e. The molecule has 24 heavy (non-hydrogen) atoms. The number of aryl methyl sites for hydroxylation is 1. The third-order valence-corrected chi connectivity index (χ3v) is 7.08. The molecule has 0 amide bonds. The monoisotopic (exact) mass is 352 g/mol. The van der Waals surface area contributed by atoms with E-state index in [1.165, 1.54) is 5.56 Å². The molecule has 3 aliphatic carbocycles. The minimum atomic E-state index is -4.01. The highest BCUT2D eigenvalue weighted by Crippen LogP contribution is 2.60. The summed E-state index contributed by atoms with van der Waals surface area (Å²) in [6.45, 7) is 2.09. The summed E-state index contributed by atoms with van der Waals surface area (Å²) in [4.78, 5) is 0. The Morgan fingerprint density at radius 1 is 1.33 bits per heavy atom. The van der Waals surface area contributed by atoms with E-state index in [2.05, 4.69) is 6.92 Å². The second-order valence-electron chi connectivity index (χ2n) is 7.79. The highest BCUT2D eigenvalue weighted by atomic mass is 32.2. The zero-order chi connectivity index (χ0) is 18.0. The average molecular weight is 352 g/mol. The molecule has 1 aromatic carbocycles. The number of nitrogens with two attached hydrogens (primary N) is 1. The van der Waals surface area contributed by atoms with Crippen molar-refractivity contribution in [3.63, 3.8) is 0 Å². The normalized spacial score (nSPS) is 41.8.